The first kappa shape index (κ1) is 34.1. The van der Waals surface area contributed by atoms with E-state index in [0.29, 0.717) is 28.0 Å². The third-order valence-electron chi connectivity index (χ3n) is 8.34. The Morgan fingerprint density at radius 2 is 1.56 bits per heavy atom. The highest BCUT2D eigenvalue weighted by Gasteiger charge is 2.54. The predicted octanol–water partition coefficient (Wildman–Crippen LogP) is 2.89. The molecule has 50 heavy (non-hydrogen) atoms. The third kappa shape index (κ3) is 6.04. The van der Waals surface area contributed by atoms with Crippen LogP contribution in [0.4, 0.5) is 8.78 Å². The Balaban J connectivity index is 1.11. The molecule has 3 saturated heterocycles. The molecule has 3 fully saturated rings. The van der Waals surface area contributed by atoms with Crippen LogP contribution in [0.15, 0.2) is 37.7 Å². The molecule has 0 aliphatic carbocycles. The van der Waals surface area contributed by atoms with E-state index in [9.17, 15) is 4.89 Å². The van der Waals surface area contributed by atoms with Crippen LogP contribution in [0, 0.1) is 18.3 Å². The Morgan fingerprint density at radius 3 is 2.28 bits per heavy atom. The lowest BCUT2D eigenvalue weighted by Crippen LogP contribution is -2.37. The monoisotopic (exact) mass is 770 g/mol. The highest BCUT2D eigenvalue weighted by atomic mass is 32.5. The lowest BCUT2D eigenvalue weighted by Gasteiger charge is -2.31. The summed E-state index contributed by atoms with van der Waals surface area (Å²) in [6.45, 7) is -7.72. The van der Waals surface area contributed by atoms with Gasteiger partial charge in [0.05, 0.1) is 50.7 Å². The summed E-state index contributed by atoms with van der Waals surface area (Å²) in [6, 6.07) is 1.94. The van der Waals surface area contributed by atoms with Crippen molar-refractivity contribution in [2.24, 2.45) is 0 Å². The van der Waals surface area contributed by atoms with E-state index in [-0.39, 0.29) is 18.7 Å². The van der Waals surface area contributed by atoms with Crippen molar-refractivity contribution in [2.75, 3.05) is 19.8 Å². The molecule has 5 aromatic rings. The average Bonchev–Trinajstić information content (AvgIpc) is 3.91. The number of rotatable bonds is 5. The maximum absolute atomic E-state index is 16.5. The standard InChI is InChI=1S/C26H26F2N10O8P2S2/c1-13-18-23(32-9-31-13)37(11-33-18)26-17(28)21-14(43-26)7-41-47(39,49)45-20-15(8-42-48(50,46-21)40-6-2-3-29)44-25(16(20)27)38-12-34-19-22-30-4-5-36(22)10-35-24(19)38/h4-5,9-12,14-17,20-21,25-26H,2,6-8H2,1H3,(H,39,49)/t14-,15-,16-,17-,20-,21-,25-,26-,47?,48?/m1/s1. The van der Waals surface area contributed by atoms with Crippen LogP contribution in [0.2, 0.25) is 0 Å². The van der Waals surface area contributed by atoms with Gasteiger partial charge in [0, 0.05) is 12.4 Å². The van der Waals surface area contributed by atoms with E-state index in [2.05, 4.69) is 29.9 Å². The molecule has 0 aromatic carbocycles. The van der Waals surface area contributed by atoms with Gasteiger partial charge in [0.2, 0.25) is 0 Å². The molecule has 0 radical (unpaired) electrons. The number of alkyl halides is 2. The summed E-state index contributed by atoms with van der Waals surface area (Å²) in [5.41, 5.74) is 2.44. The summed E-state index contributed by atoms with van der Waals surface area (Å²) in [5, 5.41) is 9.14. The molecule has 3 aliphatic heterocycles. The molecule has 24 heteroatoms. The molecule has 2 unspecified atom stereocenters. The quantitative estimate of drug-likeness (QED) is 0.202. The number of nitriles is 1. The lowest BCUT2D eigenvalue weighted by atomic mass is 10.1. The summed E-state index contributed by atoms with van der Waals surface area (Å²) in [7, 11) is 0. The molecule has 0 spiro atoms. The van der Waals surface area contributed by atoms with E-state index in [1.807, 2.05) is 6.07 Å². The molecular formula is C26H26F2N10O8P2S2. The zero-order valence-corrected chi connectivity index (χ0v) is 29.1. The number of aryl methyl sites for hydroxylation is 1. The van der Waals surface area contributed by atoms with Crippen molar-refractivity contribution in [3.8, 4) is 6.07 Å². The highest BCUT2D eigenvalue weighted by Crippen LogP contribution is 2.57. The summed E-state index contributed by atoms with van der Waals surface area (Å²) in [5.74, 6) is 0. The van der Waals surface area contributed by atoms with Crippen molar-refractivity contribution in [3.05, 3.63) is 43.4 Å². The maximum atomic E-state index is 16.5. The SMILES string of the molecule is Cc1ncnc2c1ncn2[C@@H]1O[C@@H]2COP(O)(=S)O[C@H]3[C@@H](F)[C@H](n4cnc5c4ncn4ccnc54)O[C@@H]3COP(=S)(OCCC#N)O[C@H]2[C@H]1F. The lowest BCUT2D eigenvalue weighted by molar-refractivity contribution is -0.0598. The van der Waals surface area contributed by atoms with Gasteiger partial charge in [-0.15, -0.1) is 0 Å². The number of imidazole rings is 3. The van der Waals surface area contributed by atoms with Crippen molar-refractivity contribution in [3.63, 3.8) is 0 Å². The van der Waals surface area contributed by atoms with E-state index in [1.54, 1.807) is 23.7 Å². The van der Waals surface area contributed by atoms with Gasteiger partial charge in [-0.2, -0.15) is 5.26 Å². The molecule has 8 heterocycles. The Hall–Kier alpha value is -3.03. The Kier molecular flexibility index (Phi) is 8.99. The molecule has 264 valence electrons. The maximum Gasteiger partial charge on any atom is 0.327 e. The van der Waals surface area contributed by atoms with Crippen molar-refractivity contribution in [1.29, 1.82) is 5.26 Å². The number of halogens is 2. The van der Waals surface area contributed by atoms with Crippen molar-refractivity contribution in [1.82, 2.24) is 43.4 Å². The van der Waals surface area contributed by atoms with Gasteiger partial charge >= 0.3 is 13.4 Å². The average molecular weight is 771 g/mol. The first-order valence-corrected chi connectivity index (χ1v) is 20.2. The molecule has 0 saturated carbocycles. The smallest absolute Gasteiger partial charge is 0.327 e. The highest BCUT2D eigenvalue weighted by molar-refractivity contribution is 8.07. The normalized spacial score (nSPS) is 35.1. The van der Waals surface area contributed by atoms with Crippen LogP contribution < -0.4 is 0 Å². The van der Waals surface area contributed by atoms with Crippen LogP contribution in [0.5, 0.6) is 0 Å². The predicted molar refractivity (Wildman–Crippen MR) is 173 cm³/mol. The van der Waals surface area contributed by atoms with E-state index < -0.39 is 75.9 Å². The van der Waals surface area contributed by atoms with E-state index in [4.69, 9.17) is 61.0 Å². The van der Waals surface area contributed by atoms with Crippen LogP contribution in [-0.4, -0.2) is 105 Å². The molecule has 0 bridgehead atoms. The molecule has 3 aliphatic rings. The fraction of sp³-hybridized carbons (Fsp3) is 0.500. The minimum atomic E-state index is -4.25. The van der Waals surface area contributed by atoms with E-state index in [1.165, 1.54) is 34.4 Å². The van der Waals surface area contributed by atoms with Crippen LogP contribution in [0.3, 0.4) is 0 Å². The second-order valence-electron chi connectivity index (χ2n) is 11.4. The van der Waals surface area contributed by atoms with Crippen molar-refractivity contribution < 1.29 is 45.8 Å². The van der Waals surface area contributed by atoms with E-state index in [0.717, 1.165) is 0 Å². The molecule has 5 aromatic heterocycles. The van der Waals surface area contributed by atoms with Gasteiger partial charge in [-0.25, -0.2) is 38.7 Å². The number of fused-ring (bicyclic) bond motifs is 6. The van der Waals surface area contributed by atoms with Crippen LogP contribution >= 0.6 is 13.4 Å². The first-order valence-electron chi connectivity index (χ1n) is 15.0. The molecule has 8 rings (SSSR count). The zero-order chi connectivity index (χ0) is 34.8. The molecule has 18 nitrogen and oxygen atoms in total. The van der Waals surface area contributed by atoms with Gasteiger partial charge in [-0.1, -0.05) is 0 Å². The van der Waals surface area contributed by atoms with Gasteiger partial charge in [-0.05, 0) is 30.5 Å². The number of ether oxygens (including phenoxy) is 2. The minimum absolute atomic E-state index is 0.0845. The number of hydrogen-bond acceptors (Lipinski definition) is 16. The number of aromatic nitrogens is 9. The van der Waals surface area contributed by atoms with Crippen LogP contribution in [0.1, 0.15) is 24.6 Å². The second-order valence-corrected chi connectivity index (χ2v) is 17.2. The molecule has 0 amide bonds. The van der Waals surface area contributed by atoms with Crippen LogP contribution in [0.25, 0.3) is 28.0 Å². The van der Waals surface area contributed by atoms with Crippen LogP contribution in [-0.2, 0) is 55.7 Å². The van der Waals surface area contributed by atoms with Gasteiger partial charge in [-0.3, -0.25) is 22.6 Å². The Bertz CT molecular complexity index is 2220. The number of nitrogens with zero attached hydrogens (tertiary/aromatic N) is 10. The second kappa shape index (κ2) is 13.2. The fourth-order valence-corrected chi connectivity index (χ4v) is 9.54. The summed E-state index contributed by atoms with van der Waals surface area (Å²) in [4.78, 5) is 36.8. The van der Waals surface area contributed by atoms with Gasteiger partial charge in [0.25, 0.3) is 0 Å². The molecular weight excluding hydrogens is 744 g/mol. The van der Waals surface area contributed by atoms with Crippen molar-refractivity contribution >= 4 is 65.0 Å². The first-order chi connectivity index (χ1) is 24.1. The molecule has 1 N–H and O–H groups in total. The third-order valence-corrected chi connectivity index (χ3v) is 12.3. The van der Waals surface area contributed by atoms with Gasteiger partial charge in [0.1, 0.15) is 42.6 Å². The molecule has 10 atom stereocenters. The zero-order valence-electron chi connectivity index (χ0n) is 25.7. The summed E-state index contributed by atoms with van der Waals surface area (Å²) >= 11 is 11.0. The van der Waals surface area contributed by atoms with E-state index >= 15 is 8.78 Å². The fourth-order valence-electron chi connectivity index (χ4n) is 6.01. The Morgan fingerprint density at radius 1 is 0.900 bits per heavy atom. The van der Waals surface area contributed by atoms with Gasteiger partial charge in [0.15, 0.2) is 47.3 Å². The minimum Gasteiger partial charge on any atom is -0.346 e. The number of hydrogen-bond donors (Lipinski definition) is 1. The summed E-state index contributed by atoms with van der Waals surface area (Å²) < 4.78 is 78.6. The van der Waals surface area contributed by atoms with Crippen molar-refractivity contribution in [2.45, 2.75) is 62.6 Å². The van der Waals surface area contributed by atoms with Gasteiger partial charge < -0.3 is 27.9 Å². The Labute approximate surface area is 290 Å². The topological polar surface area (TPSA) is 200 Å². The largest absolute Gasteiger partial charge is 0.346 e. The summed E-state index contributed by atoms with van der Waals surface area (Å²) in [6.07, 6.45) is -3.52.